The molecule has 28 heavy (non-hydrogen) atoms. The predicted octanol–water partition coefficient (Wildman–Crippen LogP) is 7.13. The van der Waals surface area contributed by atoms with Crippen LogP contribution < -0.4 is 0 Å². The van der Waals surface area contributed by atoms with E-state index in [1.54, 1.807) is 6.07 Å². The minimum atomic E-state index is -0.710. The molecule has 0 saturated heterocycles. The van der Waals surface area contributed by atoms with Gasteiger partial charge in [-0.3, -0.25) is 0 Å². The first-order valence-corrected chi connectivity index (χ1v) is 11.1. The molecule has 1 aromatic carbocycles. The third-order valence-corrected chi connectivity index (χ3v) is 8.12. The van der Waals surface area contributed by atoms with Gasteiger partial charge < -0.3 is 0 Å². The molecule has 4 unspecified atom stereocenters. The molecule has 0 heterocycles. The third-order valence-electron chi connectivity index (χ3n) is 8.12. The van der Waals surface area contributed by atoms with E-state index >= 15 is 0 Å². The summed E-state index contributed by atoms with van der Waals surface area (Å²) < 4.78 is 28.1. The van der Waals surface area contributed by atoms with Crippen molar-refractivity contribution in [1.82, 2.24) is 0 Å². The number of fused-ring (bicyclic) bond motifs is 1. The molecule has 1 aromatic rings. The van der Waals surface area contributed by atoms with Crippen molar-refractivity contribution in [3.8, 4) is 6.07 Å². The van der Waals surface area contributed by atoms with Gasteiger partial charge in [0.2, 0.25) is 0 Å². The molecule has 150 valence electrons. The standard InChI is InChI=1S/C25H31F2N/c1-2-16-3-5-17(6-4-16)18-7-8-20-12-21(10-9-19(20)11-18)22-13-24(26)23(15-28)25(27)14-22/h2,13-14,16-21H,1,3-12H2. The number of halogens is 2. The van der Waals surface area contributed by atoms with Crippen molar-refractivity contribution in [2.24, 2.45) is 29.6 Å². The summed E-state index contributed by atoms with van der Waals surface area (Å²) in [7, 11) is 0. The Bertz CT molecular complexity index is 733. The Morgan fingerprint density at radius 1 is 0.821 bits per heavy atom. The number of benzene rings is 1. The molecule has 0 aromatic heterocycles. The Balaban J connectivity index is 1.37. The van der Waals surface area contributed by atoms with Gasteiger partial charge in [0.05, 0.1) is 0 Å². The summed E-state index contributed by atoms with van der Waals surface area (Å²) in [5, 5.41) is 8.88. The first-order chi connectivity index (χ1) is 13.6. The lowest BCUT2D eigenvalue weighted by molar-refractivity contribution is 0.0747. The molecule has 3 saturated carbocycles. The molecule has 0 N–H and O–H groups in total. The second kappa shape index (κ2) is 8.36. The highest BCUT2D eigenvalue weighted by Gasteiger charge is 2.39. The number of hydrogen-bond acceptors (Lipinski definition) is 1. The van der Waals surface area contributed by atoms with Crippen LogP contribution in [-0.4, -0.2) is 0 Å². The summed E-state index contributed by atoms with van der Waals surface area (Å²) in [4.78, 5) is 0. The van der Waals surface area contributed by atoms with Gasteiger partial charge in [-0.15, -0.1) is 6.58 Å². The number of allylic oxidation sites excluding steroid dienone is 1. The van der Waals surface area contributed by atoms with E-state index in [0.717, 1.165) is 42.1 Å². The predicted molar refractivity (Wildman–Crippen MR) is 108 cm³/mol. The van der Waals surface area contributed by atoms with Crippen molar-refractivity contribution in [3.05, 3.63) is 47.5 Å². The smallest absolute Gasteiger partial charge is 0.144 e. The van der Waals surface area contributed by atoms with Crippen LogP contribution in [0.15, 0.2) is 24.8 Å². The van der Waals surface area contributed by atoms with Gasteiger partial charge in [-0.1, -0.05) is 6.08 Å². The van der Waals surface area contributed by atoms with Crippen LogP contribution in [0.4, 0.5) is 8.78 Å². The fourth-order valence-electron chi connectivity index (χ4n) is 6.44. The lowest BCUT2D eigenvalue weighted by Gasteiger charge is -2.45. The zero-order chi connectivity index (χ0) is 19.7. The van der Waals surface area contributed by atoms with Gasteiger partial charge in [0.1, 0.15) is 23.3 Å². The molecule has 4 rings (SSSR count). The largest absolute Gasteiger partial charge is 0.205 e. The molecule has 3 aliphatic rings. The first kappa shape index (κ1) is 19.6. The zero-order valence-electron chi connectivity index (χ0n) is 16.7. The second-order valence-electron chi connectivity index (χ2n) is 9.49. The van der Waals surface area contributed by atoms with Crippen LogP contribution in [0.1, 0.15) is 81.3 Å². The van der Waals surface area contributed by atoms with E-state index in [2.05, 4.69) is 12.7 Å². The Morgan fingerprint density at radius 2 is 1.36 bits per heavy atom. The lowest BCUT2D eigenvalue weighted by atomic mass is 9.60. The van der Waals surface area contributed by atoms with E-state index in [1.165, 1.54) is 63.5 Å². The molecule has 0 spiro atoms. The van der Waals surface area contributed by atoms with Crippen LogP contribution >= 0.6 is 0 Å². The van der Waals surface area contributed by atoms with Gasteiger partial charge in [-0.25, -0.2) is 8.78 Å². The SMILES string of the molecule is C=CC1CCC(C2CCC3CC(c4cc(F)c(C#N)c(F)c4)CCC3C2)CC1. The van der Waals surface area contributed by atoms with Crippen molar-refractivity contribution >= 4 is 0 Å². The molecular weight excluding hydrogens is 352 g/mol. The van der Waals surface area contributed by atoms with Crippen molar-refractivity contribution in [1.29, 1.82) is 5.26 Å². The Hall–Kier alpha value is -1.69. The van der Waals surface area contributed by atoms with Crippen molar-refractivity contribution in [2.45, 2.75) is 70.1 Å². The monoisotopic (exact) mass is 383 g/mol. The summed E-state index contributed by atoms with van der Waals surface area (Å²) in [5.41, 5.74) is 0.293. The van der Waals surface area contributed by atoms with Crippen molar-refractivity contribution in [3.63, 3.8) is 0 Å². The van der Waals surface area contributed by atoms with E-state index in [1.807, 2.05) is 0 Å². The Labute approximate surface area is 167 Å². The van der Waals surface area contributed by atoms with E-state index in [4.69, 9.17) is 5.26 Å². The van der Waals surface area contributed by atoms with E-state index < -0.39 is 17.2 Å². The number of nitriles is 1. The fraction of sp³-hybridized carbons (Fsp3) is 0.640. The van der Waals surface area contributed by atoms with E-state index in [9.17, 15) is 8.78 Å². The maximum absolute atomic E-state index is 14.0. The highest BCUT2D eigenvalue weighted by Crippen LogP contribution is 2.51. The average molecular weight is 384 g/mol. The molecule has 0 radical (unpaired) electrons. The highest BCUT2D eigenvalue weighted by molar-refractivity contribution is 5.36. The molecule has 3 aliphatic carbocycles. The van der Waals surface area contributed by atoms with Crippen LogP contribution in [0.25, 0.3) is 0 Å². The molecular formula is C25H31F2N. The molecule has 0 bridgehead atoms. The van der Waals surface area contributed by atoms with Gasteiger partial charge >= 0.3 is 0 Å². The quantitative estimate of drug-likeness (QED) is 0.509. The maximum Gasteiger partial charge on any atom is 0.144 e. The number of hydrogen-bond donors (Lipinski definition) is 0. The summed E-state index contributed by atoms with van der Waals surface area (Å²) in [5.74, 6) is 2.82. The van der Waals surface area contributed by atoms with Gasteiger partial charge in [0.25, 0.3) is 0 Å². The van der Waals surface area contributed by atoms with Crippen LogP contribution in [0, 0.1) is 52.6 Å². The number of rotatable bonds is 3. The van der Waals surface area contributed by atoms with Crippen LogP contribution in [0.3, 0.4) is 0 Å². The summed E-state index contributed by atoms with van der Waals surface area (Å²) in [6, 6.07) is 4.42. The minimum Gasteiger partial charge on any atom is -0.205 e. The second-order valence-corrected chi connectivity index (χ2v) is 9.49. The van der Waals surface area contributed by atoms with Gasteiger partial charge in [-0.05, 0) is 117 Å². The fourth-order valence-corrected chi connectivity index (χ4v) is 6.44. The normalized spacial score (nSPS) is 35.6. The molecule has 3 heteroatoms. The Kier molecular flexibility index (Phi) is 5.85. The first-order valence-electron chi connectivity index (χ1n) is 11.1. The van der Waals surface area contributed by atoms with Crippen LogP contribution in [0.2, 0.25) is 0 Å². The molecule has 4 atom stereocenters. The minimum absolute atomic E-state index is 0.234. The summed E-state index contributed by atoms with van der Waals surface area (Å²) in [6.07, 6.45) is 14.7. The van der Waals surface area contributed by atoms with Gasteiger partial charge in [0, 0.05) is 0 Å². The highest BCUT2D eigenvalue weighted by atomic mass is 19.1. The summed E-state index contributed by atoms with van der Waals surface area (Å²) in [6.45, 7) is 3.97. The maximum atomic E-state index is 14.0. The average Bonchev–Trinajstić information content (AvgIpc) is 2.73. The lowest BCUT2D eigenvalue weighted by Crippen LogP contribution is -2.34. The summed E-state index contributed by atoms with van der Waals surface area (Å²) >= 11 is 0. The van der Waals surface area contributed by atoms with Gasteiger partial charge in [-0.2, -0.15) is 5.26 Å². The van der Waals surface area contributed by atoms with Crippen molar-refractivity contribution in [2.75, 3.05) is 0 Å². The molecule has 0 aliphatic heterocycles. The van der Waals surface area contributed by atoms with Crippen molar-refractivity contribution < 1.29 is 8.78 Å². The topological polar surface area (TPSA) is 23.8 Å². The van der Waals surface area contributed by atoms with E-state index in [0.29, 0.717) is 5.92 Å². The van der Waals surface area contributed by atoms with Gasteiger partial charge in [0.15, 0.2) is 0 Å². The third kappa shape index (κ3) is 3.88. The molecule has 1 nitrogen and oxygen atoms in total. The molecule has 0 amide bonds. The zero-order valence-corrected chi connectivity index (χ0v) is 16.7. The van der Waals surface area contributed by atoms with Crippen LogP contribution in [0.5, 0.6) is 0 Å². The van der Waals surface area contributed by atoms with Crippen LogP contribution in [-0.2, 0) is 0 Å². The molecule has 3 fully saturated rings. The Morgan fingerprint density at radius 3 is 1.96 bits per heavy atom. The van der Waals surface area contributed by atoms with E-state index in [-0.39, 0.29) is 5.92 Å². The number of nitrogens with zero attached hydrogens (tertiary/aromatic N) is 1.